The summed E-state index contributed by atoms with van der Waals surface area (Å²) in [5.74, 6) is 2.53. The zero-order valence-electron chi connectivity index (χ0n) is 16.4. The van der Waals surface area contributed by atoms with Crippen molar-refractivity contribution in [2.45, 2.75) is 6.10 Å². The minimum absolute atomic E-state index is 0.579. The highest BCUT2D eigenvalue weighted by molar-refractivity contribution is 5.68. The van der Waals surface area contributed by atoms with Gasteiger partial charge in [0.05, 0.1) is 28.4 Å². The molecule has 0 radical (unpaired) electrons. The van der Waals surface area contributed by atoms with Crippen molar-refractivity contribution in [2.75, 3.05) is 28.4 Å². The lowest BCUT2D eigenvalue weighted by Crippen LogP contribution is -2.01. The summed E-state index contributed by atoms with van der Waals surface area (Å²) in [6.45, 7) is 0. The summed E-state index contributed by atoms with van der Waals surface area (Å²) in [5, 5.41) is 10.9. The van der Waals surface area contributed by atoms with Crippen LogP contribution in [0.25, 0.3) is 11.1 Å². The smallest absolute Gasteiger partial charge is 0.161 e. The Morgan fingerprint density at radius 1 is 0.571 bits per heavy atom. The van der Waals surface area contributed by atoms with Crippen LogP contribution in [0.15, 0.2) is 60.7 Å². The van der Waals surface area contributed by atoms with Crippen LogP contribution in [0.3, 0.4) is 0 Å². The summed E-state index contributed by atoms with van der Waals surface area (Å²) in [4.78, 5) is 0. The molecular weight excluding hydrogens is 356 g/mol. The molecule has 0 aliphatic heterocycles. The highest BCUT2D eigenvalue weighted by atomic mass is 16.5. The van der Waals surface area contributed by atoms with Crippen LogP contribution in [0.2, 0.25) is 0 Å². The van der Waals surface area contributed by atoms with Crippen molar-refractivity contribution < 1.29 is 24.1 Å². The summed E-state index contributed by atoms with van der Waals surface area (Å²) in [6, 6.07) is 18.9. The maximum absolute atomic E-state index is 10.9. The van der Waals surface area contributed by atoms with E-state index in [0.29, 0.717) is 23.0 Å². The van der Waals surface area contributed by atoms with Gasteiger partial charge in [0.2, 0.25) is 0 Å². The molecule has 0 aromatic heterocycles. The molecule has 1 N–H and O–H groups in total. The number of methoxy groups -OCH3 is 4. The van der Waals surface area contributed by atoms with E-state index in [0.717, 1.165) is 22.3 Å². The van der Waals surface area contributed by atoms with Crippen molar-refractivity contribution >= 4 is 0 Å². The Labute approximate surface area is 165 Å². The van der Waals surface area contributed by atoms with E-state index >= 15 is 0 Å². The Morgan fingerprint density at radius 2 is 1.11 bits per heavy atom. The molecule has 0 amide bonds. The highest BCUT2D eigenvalue weighted by Crippen LogP contribution is 2.35. The van der Waals surface area contributed by atoms with Crippen LogP contribution < -0.4 is 18.9 Å². The Kier molecular flexibility index (Phi) is 6.06. The van der Waals surface area contributed by atoms with Gasteiger partial charge in [-0.3, -0.25) is 0 Å². The number of ether oxygens (including phenoxy) is 4. The van der Waals surface area contributed by atoms with Crippen molar-refractivity contribution in [3.63, 3.8) is 0 Å². The third-order valence-electron chi connectivity index (χ3n) is 4.64. The molecule has 146 valence electrons. The average molecular weight is 380 g/mol. The number of hydrogen-bond donors (Lipinski definition) is 1. The summed E-state index contributed by atoms with van der Waals surface area (Å²) >= 11 is 0. The highest BCUT2D eigenvalue weighted by Gasteiger charge is 2.15. The largest absolute Gasteiger partial charge is 0.493 e. The van der Waals surface area contributed by atoms with Gasteiger partial charge in [-0.1, -0.05) is 30.3 Å². The van der Waals surface area contributed by atoms with Gasteiger partial charge < -0.3 is 24.1 Å². The lowest BCUT2D eigenvalue weighted by molar-refractivity contribution is 0.219. The molecule has 0 saturated carbocycles. The third-order valence-corrected chi connectivity index (χ3v) is 4.64. The normalized spacial score (nSPS) is 11.6. The Hall–Kier alpha value is -3.18. The van der Waals surface area contributed by atoms with E-state index in [1.54, 1.807) is 40.6 Å². The van der Waals surface area contributed by atoms with E-state index in [-0.39, 0.29) is 0 Å². The van der Waals surface area contributed by atoms with Crippen LogP contribution in [0, 0.1) is 0 Å². The van der Waals surface area contributed by atoms with Gasteiger partial charge in [-0.25, -0.2) is 0 Å². The number of hydrogen-bond acceptors (Lipinski definition) is 5. The molecule has 5 nitrogen and oxygen atoms in total. The SMILES string of the molecule is COc1ccc(-c2cccc([C@@H](O)c3ccc(OC)c(OC)c3)c2)cc1OC. The predicted molar refractivity (Wildman–Crippen MR) is 109 cm³/mol. The summed E-state index contributed by atoms with van der Waals surface area (Å²) in [6.07, 6.45) is -0.792. The van der Waals surface area contributed by atoms with Crippen molar-refractivity contribution in [3.8, 4) is 34.1 Å². The number of aliphatic hydroxyl groups is 1. The molecule has 1 atom stereocenters. The second-order valence-electron chi connectivity index (χ2n) is 6.21. The van der Waals surface area contributed by atoms with Crippen LogP contribution in [0.5, 0.6) is 23.0 Å². The van der Waals surface area contributed by atoms with Crippen molar-refractivity contribution in [1.29, 1.82) is 0 Å². The maximum Gasteiger partial charge on any atom is 0.161 e. The molecule has 0 unspecified atom stereocenters. The molecular formula is C23H24O5. The molecule has 0 bridgehead atoms. The Balaban J connectivity index is 1.95. The van der Waals surface area contributed by atoms with E-state index < -0.39 is 6.10 Å². The topological polar surface area (TPSA) is 57.2 Å². The van der Waals surface area contributed by atoms with E-state index in [4.69, 9.17) is 18.9 Å². The maximum atomic E-state index is 10.9. The third kappa shape index (κ3) is 3.89. The van der Waals surface area contributed by atoms with Gasteiger partial charge >= 0.3 is 0 Å². The van der Waals surface area contributed by atoms with Gasteiger partial charge in [0.1, 0.15) is 6.10 Å². The lowest BCUT2D eigenvalue weighted by Gasteiger charge is -2.16. The first kappa shape index (κ1) is 19.6. The fourth-order valence-corrected chi connectivity index (χ4v) is 3.12. The number of benzene rings is 3. The van der Waals surface area contributed by atoms with Crippen LogP contribution in [0.1, 0.15) is 17.2 Å². The van der Waals surface area contributed by atoms with Gasteiger partial charge in [0.25, 0.3) is 0 Å². The van der Waals surface area contributed by atoms with Gasteiger partial charge in [0.15, 0.2) is 23.0 Å². The molecule has 28 heavy (non-hydrogen) atoms. The molecule has 3 aromatic carbocycles. The molecule has 3 aromatic rings. The molecule has 3 rings (SSSR count). The summed E-state index contributed by atoms with van der Waals surface area (Å²) < 4.78 is 21.3. The standard InChI is InChI=1S/C23H24O5/c1-25-19-10-8-16(13-21(19)27-3)15-6-5-7-17(12-15)23(24)18-9-11-20(26-2)22(14-18)28-4/h5-14,23-24H,1-4H3/t23-/m1/s1. The van der Waals surface area contributed by atoms with Crippen LogP contribution in [0.4, 0.5) is 0 Å². The van der Waals surface area contributed by atoms with Crippen LogP contribution >= 0.6 is 0 Å². The molecule has 0 spiro atoms. The van der Waals surface area contributed by atoms with E-state index in [1.807, 2.05) is 48.5 Å². The zero-order valence-corrected chi connectivity index (χ0v) is 16.4. The van der Waals surface area contributed by atoms with Gasteiger partial charge in [-0.15, -0.1) is 0 Å². The minimum Gasteiger partial charge on any atom is -0.493 e. The quantitative estimate of drug-likeness (QED) is 0.655. The van der Waals surface area contributed by atoms with Crippen LogP contribution in [-0.4, -0.2) is 33.5 Å². The molecule has 0 aliphatic carbocycles. The first-order valence-corrected chi connectivity index (χ1v) is 8.83. The molecule has 0 heterocycles. The van der Waals surface area contributed by atoms with E-state index in [2.05, 4.69) is 0 Å². The number of rotatable bonds is 7. The van der Waals surface area contributed by atoms with E-state index in [1.165, 1.54) is 0 Å². The predicted octanol–water partition coefficient (Wildman–Crippen LogP) is 4.47. The Morgan fingerprint density at radius 3 is 1.75 bits per heavy atom. The molecule has 0 saturated heterocycles. The molecule has 5 heteroatoms. The fourth-order valence-electron chi connectivity index (χ4n) is 3.12. The summed E-state index contributed by atoms with van der Waals surface area (Å²) in [5.41, 5.74) is 3.44. The summed E-state index contributed by atoms with van der Waals surface area (Å²) in [7, 11) is 6.38. The second-order valence-corrected chi connectivity index (χ2v) is 6.21. The van der Waals surface area contributed by atoms with Crippen LogP contribution in [-0.2, 0) is 0 Å². The Bertz CT molecular complexity index is 951. The number of aliphatic hydroxyl groups excluding tert-OH is 1. The minimum atomic E-state index is -0.792. The van der Waals surface area contributed by atoms with Crippen molar-refractivity contribution in [2.24, 2.45) is 0 Å². The zero-order chi connectivity index (χ0) is 20.1. The lowest BCUT2D eigenvalue weighted by atomic mass is 9.96. The molecule has 0 aliphatic rings. The monoisotopic (exact) mass is 380 g/mol. The van der Waals surface area contributed by atoms with Crippen molar-refractivity contribution in [3.05, 3.63) is 71.8 Å². The van der Waals surface area contributed by atoms with Gasteiger partial charge in [-0.2, -0.15) is 0 Å². The average Bonchev–Trinajstić information content (AvgIpc) is 2.77. The van der Waals surface area contributed by atoms with Gasteiger partial charge in [0, 0.05) is 0 Å². The van der Waals surface area contributed by atoms with Gasteiger partial charge in [-0.05, 0) is 52.6 Å². The van der Waals surface area contributed by atoms with Crippen molar-refractivity contribution in [1.82, 2.24) is 0 Å². The molecule has 0 fully saturated rings. The van der Waals surface area contributed by atoms with E-state index in [9.17, 15) is 5.11 Å². The first-order chi connectivity index (χ1) is 13.6. The first-order valence-electron chi connectivity index (χ1n) is 8.83. The second kappa shape index (κ2) is 8.67. The fraction of sp³-hybridized carbons (Fsp3) is 0.217.